The Morgan fingerprint density at radius 3 is 2.70 bits per heavy atom. The van der Waals surface area contributed by atoms with Gasteiger partial charge in [-0.25, -0.2) is 9.97 Å². The Kier molecular flexibility index (Phi) is 9.24. The fourth-order valence-electron chi connectivity index (χ4n) is 3.79. The van der Waals surface area contributed by atoms with E-state index in [9.17, 15) is 4.79 Å². The van der Waals surface area contributed by atoms with Crippen molar-refractivity contribution in [2.75, 3.05) is 32.6 Å². The van der Waals surface area contributed by atoms with Crippen LogP contribution in [0.3, 0.4) is 0 Å². The number of nitrogens with two attached hydrogens (primary N) is 1. The summed E-state index contributed by atoms with van der Waals surface area (Å²) in [5.74, 6) is 1.92. The minimum Gasteiger partial charge on any atom is -0.493 e. The van der Waals surface area contributed by atoms with E-state index in [1.165, 1.54) is 13.4 Å². The Bertz CT molecular complexity index is 1060. The summed E-state index contributed by atoms with van der Waals surface area (Å²) in [6.07, 6.45) is 4.66. The zero-order valence-corrected chi connectivity index (χ0v) is 19.6. The lowest BCUT2D eigenvalue weighted by atomic mass is 10.0. The van der Waals surface area contributed by atoms with Gasteiger partial charge in [0.05, 0.1) is 18.7 Å². The molecular formula is C24H30ClN5O3. The van der Waals surface area contributed by atoms with Crippen molar-refractivity contribution in [1.29, 1.82) is 0 Å². The van der Waals surface area contributed by atoms with E-state index in [1.54, 1.807) is 13.2 Å². The highest BCUT2D eigenvalue weighted by molar-refractivity contribution is 6.30. The predicted octanol–water partition coefficient (Wildman–Crippen LogP) is 3.74. The topological polar surface area (TPSA) is 111 Å². The number of anilines is 1. The van der Waals surface area contributed by atoms with Gasteiger partial charge in [-0.1, -0.05) is 23.7 Å². The van der Waals surface area contributed by atoms with Crippen LogP contribution in [0.2, 0.25) is 5.02 Å². The zero-order chi connectivity index (χ0) is 23.6. The van der Waals surface area contributed by atoms with Crippen LogP contribution in [0.5, 0.6) is 11.5 Å². The van der Waals surface area contributed by atoms with E-state index >= 15 is 0 Å². The van der Waals surface area contributed by atoms with Crippen molar-refractivity contribution in [2.24, 2.45) is 5.73 Å². The molecule has 9 heteroatoms. The molecular weight excluding hydrogens is 442 g/mol. The smallest absolute Gasteiger partial charge is 0.162 e. The summed E-state index contributed by atoms with van der Waals surface area (Å²) in [5, 5.41) is 8.14. The quantitative estimate of drug-likeness (QED) is 0.426. The van der Waals surface area contributed by atoms with E-state index in [0.717, 1.165) is 48.7 Å². The molecule has 1 saturated heterocycles. The highest BCUT2D eigenvalue weighted by Gasteiger charge is 2.20. The molecule has 4 rings (SSSR count). The standard InChI is InChI=1S/C23H25ClN4O3.CH5N/c1-30-21-13-20-18(12-22(21)31-17-5-8-25-9-6-17)23(27-14-26-20)28-19(7-10-29)15-3-2-4-16(24)11-15;1-2/h2-4,10-14,17,19,25H,5-9H2,1H3,(H,26,27,28);2H2,1H3. The highest BCUT2D eigenvalue weighted by atomic mass is 35.5. The number of aldehydes is 1. The molecule has 2 aromatic carbocycles. The summed E-state index contributed by atoms with van der Waals surface area (Å²) in [4.78, 5) is 20.2. The molecule has 4 N–H and O–H groups in total. The van der Waals surface area contributed by atoms with Crippen molar-refractivity contribution in [3.05, 3.63) is 53.3 Å². The van der Waals surface area contributed by atoms with Crippen molar-refractivity contribution >= 4 is 34.6 Å². The summed E-state index contributed by atoms with van der Waals surface area (Å²) in [7, 11) is 3.12. The minimum absolute atomic E-state index is 0.128. The SMILES string of the molecule is CN.COc1cc2ncnc(NC(CC=O)c3cccc(Cl)c3)c2cc1OC1CCNCC1. The summed E-state index contributed by atoms with van der Waals surface area (Å²) in [6.45, 7) is 1.87. The van der Waals surface area contributed by atoms with Gasteiger partial charge in [0, 0.05) is 22.9 Å². The summed E-state index contributed by atoms with van der Waals surface area (Å²) in [6, 6.07) is 10.9. The van der Waals surface area contributed by atoms with Gasteiger partial charge in [0.15, 0.2) is 11.5 Å². The molecule has 8 nitrogen and oxygen atoms in total. The molecule has 1 atom stereocenters. The molecule has 176 valence electrons. The van der Waals surface area contributed by atoms with Crippen LogP contribution < -0.4 is 25.8 Å². The third-order valence-electron chi connectivity index (χ3n) is 5.39. The monoisotopic (exact) mass is 471 g/mol. The van der Waals surface area contributed by atoms with Crippen LogP contribution in [-0.2, 0) is 4.79 Å². The number of halogens is 1. The Balaban J connectivity index is 0.00000149. The van der Waals surface area contributed by atoms with Crippen LogP contribution in [0, 0.1) is 0 Å². The normalized spacial score (nSPS) is 14.7. The van der Waals surface area contributed by atoms with Crippen molar-refractivity contribution in [3.8, 4) is 11.5 Å². The maximum atomic E-state index is 11.3. The van der Waals surface area contributed by atoms with Crippen molar-refractivity contribution in [1.82, 2.24) is 15.3 Å². The van der Waals surface area contributed by atoms with E-state index in [0.29, 0.717) is 22.3 Å². The summed E-state index contributed by atoms with van der Waals surface area (Å²) < 4.78 is 11.8. The first-order valence-electron chi connectivity index (χ1n) is 10.9. The van der Waals surface area contributed by atoms with Gasteiger partial charge in [-0.2, -0.15) is 0 Å². The maximum Gasteiger partial charge on any atom is 0.162 e. The minimum atomic E-state index is -0.273. The Morgan fingerprint density at radius 1 is 1.21 bits per heavy atom. The van der Waals surface area contributed by atoms with Crippen molar-refractivity contribution in [3.63, 3.8) is 0 Å². The van der Waals surface area contributed by atoms with Gasteiger partial charge in [-0.3, -0.25) is 0 Å². The van der Waals surface area contributed by atoms with Crippen LogP contribution in [0.4, 0.5) is 5.82 Å². The molecule has 0 amide bonds. The van der Waals surface area contributed by atoms with Gasteiger partial charge in [-0.05, 0) is 56.7 Å². The second kappa shape index (κ2) is 12.3. The van der Waals surface area contributed by atoms with Gasteiger partial charge >= 0.3 is 0 Å². The number of hydrogen-bond donors (Lipinski definition) is 3. The predicted molar refractivity (Wildman–Crippen MR) is 131 cm³/mol. The number of methoxy groups -OCH3 is 1. The number of fused-ring (bicyclic) bond motifs is 1. The number of hydrogen-bond acceptors (Lipinski definition) is 8. The molecule has 0 bridgehead atoms. The molecule has 1 unspecified atom stereocenters. The average molecular weight is 472 g/mol. The van der Waals surface area contributed by atoms with E-state index < -0.39 is 0 Å². The van der Waals surface area contributed by atoms with Gasteiger partial charge in [0.2, 0.25) is 0 Å². The van der Waals surface area contributed by atoms with E-state index in [4.69, 9.17) is 21.1 Å². The maximum absolute atomic E-state index is 11.3. The molecule has 1 fully saturated rings. The van der Waals surface area contributed by atoms with Crippen LogP contribution in [0.15, 0.2) is 42.7 Å². The summed E-state index contributed by atoms with van der Waals surface area (Å²) in [5.41, 5.74) is 6.13. The Morgan fingerprint density at radius 2 is 2.00 bits per heavy atom. The van der Waals surface area contributed by atoms with Gasteiger partial charge in [0.25, 0.3) is 0 Å². The number of benzene rings is 2. The number of ether oxygens (including phenoxy) is 2. The molecule has 0 saturated carbocycles. The first-order valence-corrected chi connectivity index (χ1v) is 11.3. The molecule has 0 spiro atoms. The van der Waals surface area contributed by atoms with Crippen molar-refractivity contribution < 1.29 is 14.3 Å². The third kappa shape index (κ3) is 6.31. The fraction of sp³-hybridized carbons (Fsp3) is 0.375. The number of rotatable bonds is 8. The van der Waals surface area contributed by atoms with Gasteiger partial charge < -0.3 is 30.6 Å². The number of aromatic nitrogens is 2. The zero-order valence-electron chi connectivity index (χ0n) is 18.9. The first-order chi connectivity index (χ1) is 16.2. The average Bonchev–Trinajstić information content (AvgIpc) is 2.85. The van der Waals surface area contributed by atoms with Crippen LogP contribution in [0.1, 0.15) is 30.9 Å². The molecule has 0 aliphatic carbocycles. The Labute approximate surface area is 198 Å². The number of carbonyl (C=O) groups is 1. The number of nitrogens with one attached hydrogen (secondary N) is 2. The summed E-state index contributed by atoms with van der Waals surface area (Å²) >= 11 is 6.16. The van der Waals surface area contributed by atoms with E-state index in [1.807, 2.05) is 30.3 Å². The Hall–Kier alpha value is -2.94. The molecule has 1 aromatic heterocycles. The molecule has 0 radical (unpaired) electrons. The first kappa shape index (κ1) is 24.7. The molecule has 33 heavy (non-hydrogen) atoms. The number of carbonyl (C=O) groups excluding carboxylic acids is 1. The lowest BCUT2D eigenvalue weighted by molar-refractivity contribution is -0.108. The van der Waals surface area contributed by atoms with Crippen LogP contribution >= 0.6 is 11.6 Å². The van der Waals surface area contributed by atoms with Crippen LogP contribution in [0.25, 0.3) is 10.9 Å². The third-order valence-corrected chi connectivity index (χ3v) is 5.63. The van der Waals surface area contributed by atoms with Crippen LogP contribution in [-0.4, -0.2) is 49.6 Å². The van der Waals surface area contributed by atoms with Gasteiger partial charge in [0.1, 0.15) is 24.5 Å². The van der Waals surface area contributed by atoms with Crippen molar-refractivity contribution in [2.45, 2.75) is 31.4 Å². The molecule has 3 aromatic rings. The molecule has 1 aliphatic heterocycles. The van der Waals surface area contributed by atoms with E-state index in [2.05, 4.69) is 26.3 Å². The molecule has 1 aliphatic rings. The number of nitrogens with zero attached hydrogens (tertiary/aromatic N) is 2. The molecule has 2 heterocycles. The second-order valence-corrected chi connectivity index (χ2v) is 7.90. The lowest BCUT2D eigenvalue weighted by Crippen LogP contribution is -2.34. The second-order valence-electron chi connectivity index (χ2n) is 7.46. The lowest BCUT2D eigenvalue weighted by Gasteiger charge is -2.25. The number of piperidine rings is 1. The van der Waals surface area contributed by atoms with Gasteiger partial charge in [-0.15, -0.1) is 0 Å². The fourth-order valence-corrected chi connectivity index (χ4v) is 3.99. The van der Waals surface area contributed by atoms with E-state index in [-0.39, 0.29) is 18.6 Å². The highest BCUT2D eigenvalue weighted by Crippen LogP contribution is 2.36. The largest absolute Gasteiger partial charge is 0.493 e.